The van der Waals surface area contributed by atoms with Crippen molar-refractivity contribution >= 4 is 5.78 Å². The highest BCUT2D eigenvalue weighted by Gasteiger charge is 2.46. The normalized spacial score (nSPS) is 33.4. The number of carbonyl (C=O) groups excluding carboxylic acids is 1. The third kappa shape index (κ3) is 2.11. The van der Waals surface area contributed by atoms with Crippen molar-refractivity contribution in [3.05, 3.63) is 0 Å². The lowest BCUT2D eigenvalue weighted by Crippen LogP contribution is -2.35. The number of hydrogen-bond donors (Lipinski definition) is 0. The summed E-state index contributed by atoms with van der Waals surface area (Å²) in [6, 6.07) is 0. The molecule has 0 aromatic heterocycles. The Morgan fingerprint density at radius 3 is 2.38 bits per heavy atom. The van der Waals surface area contributed by atoms with Crippen molar-refractivity contribution in [3.8, 4) is 0 Å². The lowest BCUT2D eigenvalue weighted by molar-refractivity contribution is -0.121. The first-order valence-corrected chi connectivity index (χ1v) is 5.32. The second-order valence-corrected chi connectivity index (χ2v) is 5.23. The predicted octanol–water partition coefficient (Wildman–Crippen LogP) is 1.70. The van der Waals surface area contributed by atoms with Crippen molar-refractivity contribution in [2.75, 3.05) is 19.6 Å². The highest BCUT2D eigenvalue weighted by molar-refractivity contribution is 5.79. The lowest BCUT2D eigenvalue weighted by atomic mass is 10.1. The maximum atomic E-state index is 11.0. The fourth-order valence-electron chi connectivity index (χ4n) is 2.18. The maximum absolute atomic E-state index is 11.0. The fraction of sp³-hybridized carbons (Fsp3) is 0.909. The van der Waals surface area contributed by atoms with E-state index in [9.17, 15) is 4.79 Å². The van der Waals surface area contributed by atoms with Crippen molar-refractivity contribution in [2.24, 2.45) is 11.3 Å². The molecule has 0 radical (unpaired) electrons. The molecule has 2 rings (SSSR count). The maximum Gasteiger partial charge on any atom is 0.135 e. The van der Waals surface area contributed by atoms with Gasteiger partial charge in [-0.1, -0.05) is 13.8 Å². The largest absolute Gasteiger partial charge is 0.302 e. The summed E-state index contributed by atoms with van der Waals surface area (Å²) in [4.78, 5) is 13.5. The van der Waals surface area contributed by atoms with Crippen molar-refractivity contribution in [3.63, 3.8) is 0 Å². The molecule has 2 fully saturated rings. The molecule has 1 unspecified atom stereocenters. The zero-order valence-corrected chi connectivity index (χ0v) is 8.68. The van der Waals surface area contributed by atoms with Crippen LogP contribution in [0.4, 0.5) is 0 Å². The summed E-state index contributed by atoms with van der Waals surface area (Å²) in [5.41, 5.74) is 0.585. The number of ketones is 1. The van der Waals surface area contributed by atoms with Crippen LogP contribution in [0.25, 0.3) is 0 Å². The minimum absolute atomic E-state index is 0.450. The van der Waals surface area contributed by atoms with Crippen LogP contribution in [0.2, 0.25) is 0 Å². The first-order chi connectivity index (χ1) is 6.08. The standard InChI is InChI=1S/C11H19NO/c1-11(2)7-9(11)8-12-5-3-10(13)4-6-12/h9H,3-8H2,1-2H3. The van der Waals surface area contributed by atoms with Crippen LogP contribution in [0.5, 0.6) is 0 Å². The van der Waals surface area contributed by atoms with Gasteiger partial charge in [0.1, 0.15) is 5.78 Å². The Labute approximate surface area is 80.3 Å². The van der Waals surface area contributed by atoms with Gasteiger partial charge >= 0.3 is 0 Å². The van der Waals surface area contributed by atoms with E-state index in [0.29, 0.717) is 11.2 Å². The van der Waals surface area contributed by atoms with Gasteiger partial charge in [0.05, 0.1) is 0 Å². The predicted molar refractivity (Wildman–Crippen MR) is 52.6 cm³/mol. The van der Waals surface area contributed by atoms with Gasteiger partial charge in [0.15, 0.2) is 0 Å². The topological polar surface area (TPSA) is 20.3 Å². The molecule has 0 bridgehead atoms. The van der Waals surface area contributed by atoms with Gasteiger partial charge < -0.3 is 4.90 Å². The Hall–Kier alpha value is -0.370. The smallest absolute Gasteiger partial charge is 0.135 e. The van der Waals surface area contributed by atoms with Crippen LogP contribution in [-0.4, -0.2) is 30.3 Å². The molecule has 2 nitrogen and oxygen atoms in total. The van der Waals surface area contributed by atoms with E-state index in [0.717, 1.165) is 31.8 Å². The number of Topliss-reactive ketones (excluding diaryl/α,β-unsaturated/α-hetero) is 1. The quantitative estimate of drug-likeness (QED) is 0.646. The van der Waals surface area contributed by atoms with E-state index >= 15 is 0 Å². The molecule has 0 aromatic carbocycles. The van der Waals surface area contributed by atoms with E-state index in [1.165, 1.54) is 13.0 Å². The summed E-state index contributed by atoms with van der Waals surface area (Å²) in [6.45, 7) is 7.91. The second-order valence-electron chi connectivity index (χ2n) is 5.23. The van der Waals surface area contributed by atoms with Gasteiger partial charge in [-0.15, -0.1) is 0 Å². The van der Waals surface area contributed by atoms with E-state index in [1.54, 1.807) is 0 Å². The highest BCUT2D eigenvalue weighted by Crippen LogP contribution is 2.51. The molecule has 2 heteroatoms. The number of piperidine rings is 1. The van der Waals surface area contributed by atoms with Crippen LogP contribution in [-0.2, 0) is 4.79 Å². The van der Waals surface area contributed by atoms with Gasteiger partial charge in [-0.3, -0.25) is 4.79 Å². The van der Waals surface area contributed by atoms with Crippen LogP contribution >= 0.6 is 0 Å². The Morgan fingerprint density at radius 2 is 1.92 bits per heavy atom. The van der Waals surface area contributed by atoms with Crippen LogP contribution in [0.15, 0.2) is 0 Å². The molecule has 2 aliphatic rings. The number of hydrogen-bond acceptors (Lipinski definition) is 2. The van der Waals surface area contributed by atoms with Crippen LogP contribution in [0.3, 0.4) is 0 Å². The van der Waals surface area contributed by atoms with Gasteiger partial charge in [-0.2, -0.15) is 0 Å². The van der Waals surface area contributed by atoms with E-state index in [2.05, 4.69) is 18.7 Å². The van der Waals surface area contributed by atoms with Gasteiger partial charge in [-0.05, 0) is 17.8 Å². The Bertz CT molecular complexity index is 212. The molecule has 1 aliphatic heterocycles. The third-order valence-corrected chi connectivity index (χ3v) is 3.61. The monoisotopic (exact) mass is 181 g/mol. The SMILES string of the molecule is CC1(C)CC1CN1CCC(=O)CC1. The first kappa shape index (κ1) is 9.20. The molecule has 1 saturated carbocycles. The van der Waals surface area contributed by atoms with Gasteiger partial charge in [0, 0.05) is 32.5 Å². The average molecular weight is 181 g/mol. The van der Waals surface area contributed by atoms with Crippen molar-refractivity contribution < 1.29 is 4.79 Å². The second kappa shape index (κ2) is 3.09. The molecule has 1 saturated heterocycles. The number of nitrogens with zero attached hydrogens (tertiary/aromatic N) is 1. The molecular weight excluding hydrogens is 162 g/mol. The van der Waals surface area contributed by atoms with Gasteiger partial charge in [-0.25, -0.2) is 0 Å². The van der Waals surface area contributed by atoms with Crippen LogP contribution in [0, 0.1) is 11.3 Å². The van der Waals surface area contributed by atoms with Gasteiger partial charge in [0.25, 0.3) is 0 Å². The lowest BCUT2D eigenvalue weighted by Gasteiger charge is -2.26. The molecular formula is C11H19NO. The van der Waals surface area contributed by atoms with Crippen LogP contribution < -0.4 is 0 Å². The fourth-order valence-corrected chi connectivity index (χ4v) is 2.18. The summed E-state index contributed by atoms with van der Waals surface area (Å²) in [7, 11) is 0. The summed E-state index contributed by atoms with van der Waals surface area (Å²) in [6.07, 6.45) is 2.94. The average Bonchev–Trinajstić information content (AvgIpc) is 2.64. The van der Waals surface area contributed by atoms with E-state index < -0.39 is 0 Å². The van der Waals surface area contributed by atoms with E-state index in [-0.39, 0.29) is 0 Å². The van der Waals surface area contributed by atoms with Gasteiger partial charge in [0.2, 0.25) is 0 Å². The van der Waals surface area contributed by atoms with Crippen molar-refractivity contribution in [1.29, 1.82) is 0 Å². The van der Waals surface area contributed by atoms with Crippen molar-refractivity contribution in [2.45, 2.75) is 33.1 Å². The van der Waals surface area contributed by atoms with Crippen LogP contribution in [0.1, 0.15) is 33.1 Å². The Morgan fingerprint density at radius 1 is 1.38 bits per heavy atom. The molecule has 1 heterocycles. The van der Waals surface area contributed by atoms with E-state index in [1.807, 2.05) is 0 Å². The molecule has 1 atom stereocenters. The summed E-state index contributed by atoms with van der Waals surface area (Å²) in [5, 5.41) is 0. The Kier molecular flexibility index (Phi) is 2.18. The Balaban J connectivity index is 1.75. The summed E-state index contributed by atoms with van der Waals surface area (Å²) in [5.74, 6) is 1.34. The molecule has 13 heavy (non-hydrogen) atoms. The first-order valence-electron chi connectivity index (χ1n) is 5.32. The zero-order chi connectivity index (χ0) is 9.47. The molecule has 74 valence electrons. The van der Waals surface area contributed by atoms with Crippen molar-refractivity contribution in [1.82, 2.24) is 4.90 Å². The summed E-state index contributed by atoms with van der Waals surface area (Å²) < 4.78 is 0. The number of carbonyl (C=O) groups is 1. The number of rotatable bonds is 2. The molecule has 0 aromatic rings. The minimum Gasteiger partial charge on any atom is -0.302 e. The minimum atomic E-state index is 0.450. The molecule has 1 aliphatic carbocycles. The molecule has 0 N–H and O–H groups in total. The molecule has 0 spiro atoms. The molecule has 0 amide bonds. The summed E-state index contributed by atoms with van der Waals surface area (Å²) >= 11 is 0. The number of likely N-dealkylation sites (tertiary alicyclic amines) is 1. The third-order valence-electron chi connectivity index (χ3n) is 3.61. The van der Waals surface area contributed by atoms with E-state index in [4.69, 9.17) is 0 Å². The highest BCUT2D eigenvalue weighted by atomic mass is 16.1. The zero-order valence-electron chi connectivity index (χ0n) is 8.68.